The van der Waals surface area contributed by atoms with Crippen LogP contribution in [0, 0.1) is 12.7 Å². The number of hydrogen-bond acceptors (Lipinski definition) is 4. The van der Waals surface area contributed by atoms with Crippen molar-refractivity contribution in [1.82, 2.24) is 4.98 Å². The number of benzene rings is 2. The van der Waals surface area contributed by atoms with Crippen LogP contribution in [0.15, 0.2) is 53.6 Å². The van der Waals surface area contributed by atoms with Crippen LogP contribution >= 0.6 is 0 Å². The molecule has 0 bridgehead atoms. The van der Waals surface area contributed by atoms with Crippen LogP contribution in [0.1, 0.15) is 11.3 Å². The predicted molar refractivity (Wildman–Crippen MR) is 90.6 cm³/mol. The number of halogens is 1. The van der Waals surface area contributed by atoms with Gasteiger partial charge in [0.15, 0.2) is 0 Å². The second-order valence-electron chi connectivity index (χ2n) is 5.12. The Bertz CT molecular complexity index is 877. The number of nitrogens with one attached hydrogen (secondary N) is 1. The van der Waals surface area contributed by atoms with Crippen molar-refractivity contribution in [3.05, 3.63) is 65.6 Å². The molecule has 0 amide bonds. The molecule has 0 radical (unpaired) electrons. The van der Waals surface area contributed by atoms with Gasteiger partial charge in [-0.05, 0) is 42.8 Å². The summed E-state index contributed by atoms with van der Waals surface area (Å²) >= 11 is 0. The zero-order valence-electron chi connectivity index (χ0n) is 12.9. The van der Waals surface area contributed by atoms with E-state index in [0.717, 1.165) is 28.0 Å². The highest BCUT2D eigenvalue weighted by molar-refractivity contribution is 5.92. The summed E-state index contributed by atoms with van der Waals surface area (Å²) in [5.41, 5.74) is 6.22. The lowest BCUT2D eigenvalue weighted by Crippen LogP contribution is -1.95. The number of aryl methyl sites for hydroxylation is 1. The van der Waals surface area contributed by atoms with Gasteiger partial charge in [0.05, 0.1) is 24.5 Å². The van der Waals surface area contributed by atoms with Gasteiger partial charge in [-0.3, -0.25) is 10.4 Å². The molecule has 0 unspecified atom stereocenters. The van der Waals surface area contributed by atoms with Crippen molar-refractivity contribution >= 4 is 22.8 Å². The Morgan fingerprint density at radius 2 is 2.04 bits per heavy atom. The molecule has 2 aromatic carbocycles. The van der Waals surface area contributed by atoms with Crippen molar-refractivity contribution < 1.29 is 9.13 Å². The molecule has 0 aliphatic rings. The number of pyridine rings is 1. The molecule has 4 nitrogen and oxygen atoms in total. The van der Waals surface area contributed by atoms with E-state index in [1.165, 1.54) is 12.1 Å². The van der Waals surface area contributed by atoms with E-state index in [9.17, 15) is 4.39 Å². The number of rotatable bonds is 4. The number of fused-ring (bicyclic) bond motifs is 1. The average molecular weight is 309 g/mol. The lowest BCUT2D eigenvalue weighted by molar-refractivity contribution is 0.415. The standard InChI is InChI=1S/C18H16FN3O/c1-12-8-18(16-7-6-15(23-2)10-17(16)21-12)22-20-11-13-4-3-5-14(19)9-13/h3-11H,1-2H3,(H,21,22)/b20-11+. The number of anilines is 1. The molecule has 1 heterocycles. The van der Waals surface area contributed by atoms with Crippen molar-refractivity contribution in [2.75, 3.05) is 12.5 Å². The summed E-state index contributed by atoms with van der Waals surface area (Å²) in [7, 11) is 1.62. The molecule has 1 N–H and O–H groups in total. The molecule has 0 fully saturated rings. The van der Waals surface area contributed by atoms with E-state index in [1.807, 2.05) is 31.2 Å². The maximum absolute atomic E-state index is 13.1. The summed E-state index contributed by atoms with van der Waals surface area (Å²) in [6.07, 6.45) is 1.58. The Balaban J connectivity index is 1.90. The van der Waals surface area contributed by atoms with Crippen LogP contribution in [0.3, 0.4) is 0 Å². The molecule has 116 valence electrons. The predicted octanol–water partition coefficient (Wildman–Crippen LogP) is 4.14. The van der Waals surface area contributed by atoms with Gasteiger partial charge < -0.3 is 4.74 Å². The van der Waals surface area contributed by atoms with Crippen molar-refractivity contribution in [2.45, 2.75) is 6.92 Å². The topological polar surface area (TPSA) is 46.5 Å². The largest absolute Gasteiger partial charge is 0.497 e. The lowest BCUT2D eigenvalue weighted by atomic mass is 10.1. The normalized spacial score (nSPS) is 11.1. The van der Waals surface area contributed by atoms with Gasteiger partial charge in [-0.25, -0.2) is 4.39 Å². The van der Waals surface area contributed by atoms with Crippen LogP contribution < -0.4 is 10.2 Å². The Labute approximate surface area is 133 Å². The summed E-state index contributed by atoms with van der Waals surface area (Å²) in [6, 6.07) is 13.9. The maximum Gasteiger partial charge on any atom is 0.123 e. The third kappa shape index (κ3) is 3.45. The molecular weight excluding hydrogens is 293 g/mol. The van der Waals surface area contributed by atoms with Crippen LogP contribution in [0.5, 0.6) is 5.75 Å². The first-order valence-electron chi connectivity index (χ1n) is 7.16. The highest BCUT2D eigenvalue weighted by Gasteiger charge is 2.05. The SMILES string of the molecule is COc1ccc2c(N/N=C/c3cccc(F)c3)cc(C)nc2c1. The highest BCUT2D eigenvalue weighted by Crippen LogP contribution is 2.26. The van der Waals surface area contributed by atoms with E-state index in [1.54, 1.807) is 25.5 Å². The van der Waals surface area contributed by atoms with Crippen molar-refractivity contribution in [3.63, 3.8) is 0 Å². The van der Waals surface area contributed by atoms with E-state index in [4.69, 9.17) is 4.74 Å². The molecular formula is C18H16FN3O. The van der Waals surface area contributed by atoms with Gasteiger partial charge in [0.1, 0.15) is 11.6 Å². The first-order valence-corrected chi connectivity index (χ1v) is 7.16. The number of aromatic nitrogens is 1. The fourth-order valence-corrected chi connectivity index (χ4v) is 2.32. The number of ether oxygens (including phenoxy) is 1. The maximum atomic E-state index is 13.1. The van der Waals surface area contributed by atoms with Crippen molar-refractivity contribution in [2.24, 2.45) is 5.10 Å². The third-order valence-electron chi connectivity index (χ3n) is 3.39. The molecule has 0 spiro atoms. The van der Waals surface area contributed by atoms with E-state index in [0.29, 0.717) is 5.56 Å². The molecule has 1 aromatic heterocycles. The van der Waals surface area contributed by atoms with E-state index in [-0.39, 0.29) is 5.82 Å². The summed E-state index contributed by atoms with van der Waals surface area (Å²) < 4.78 is 18.4. The zero-order chi connectivity index (χ0) is 16.2. The first-order chi connectivity index (χ1) is 11.2. The lowest BCUT2D eigenvalue weighted by Gasteiger charge is -2.08. The van der Waals surface area contributed by atoms with Crippen LogP contribution in [-0.2, 0) is 0 Å². The minimum Gasteiger partial charge on any atom is -0.497 e. The summed E-state index contributed by atoms with van der Waals surface area (Å²) in [5, 5.41) is 5.12. The van der Waals surface area contributed by atoms with E-state index < -0.39 is 0 Å². The van der Waals surface area contributed by atoms with E-state index >= 15 is 0 Å². The second-order valence-corrected chi connectivity index (χ2v) is 5.12. The Morgan fingerprint density at radius 3 is 2.83 bits per heavy atom. The van der Waals surface area contributed by atoms with Crippen molar-refractivity contribution in [3.8, 4) is 5.75 Å². The van der Waals surface area contributed by atoms with Gasteiger partial charge >= 0.3 is 0 Å². The third-order valence-corrected chi connectivity index (χ3v) is 3.39. The summed E-state index contributed by atoms with van der Waals surface area (Å²) in [5.74, 6) is 0.469. The molecule has 23 heavy (non-hydrogen) atoms. The molecule has 0 aliphatic heterocycles. The average Bonchev–Trinajstić information content (AvgIpc) is 2.54. The fraction of sp³-hybridized carbons (Fsp3) is 0.111. The Morgan fingerprint density at radius 1 is 1.17 bits per heavy atom. The summed E-state index contributed by atoms with van der Waals surface area (Å²) in [4.78, 5) is 4.50. The Kier molecular flexibility index (Phi) is 4.19. The van der Waals surface area contributed by atoms with Gasteiger partial charge in [-0.15, -0.1) is 0 Å². The van der Waals surface area contributed by atoms with E-state index in [2.05, 4.69) is 15.5 Å². The molecule has 0 aliphatic carbocycles. The number of hydrogen-bond donors (Lipinski definition) is 1. The zero-order valence-corrected chi connectivity index (χ0v) is 12.9. The monoisotopic (exact) mass is 309 g/mol. The fourth-order valence-electron chi connectivity index (χ4n) is 2.32. The second kappa shape index (κ2) is 6.44. The first kappa shape index (κ1) is 15.0. The highest BCUT2D eigenvalue weighted by atomic mass is 19.1. The van der Waals surface area contributed by atoms with Gasteiger partial charge in [0.2, 0.25) is 0 Å². The van der Waals surface area contributed by atoms with Gasteiger partial charge in [0, 0.05) is 17.1 Å². The van der Waals surface area contributed by atoms with Crippen LogP contribution in [0.25, 0.3) is 10.9 Å². The van der Waals surface area contributed by atoms with Crippen LogP contribution in [0.4, 0.5) is 10.1 Å². The van der Waals surface area contributed by atoms with Gasteiger partial charge in [-0.2, -0.15) is 5.10 Å². The molecule has 0 saturated carbocycles. The van der Waals surface area contributed by atoms with Crippen molar-refractivity contribution in [1.29, 1.82) is 0 Å². The number of hydrazone groups is 1. The van der Waals surface area contributed by atoms with Crippen LogP contribution in [0.2, 0.25) is 0 Å². The van der Waals surface area contributed by atoms with Crippen LogP contribution in [-0.4, -0.2) is 18.3 Å². The smallest absolute Gasteiger partial charge is 0.123 e. The number of nitrogens with zero attached hydrogens (tertiary/aromatic N) is 2. The molecule has 5 heteroatoms. The number of methoxy groups -OCH3 is 1. The van der Waals surface area contributed by atoms with Gasteiger partial charge in [0.25, 0.3) is 0 Å². The quantitative estimate of drug-likeness (QED) is 0.582. The molecule has 3 rings (SSSR count). The molecule has 0 saturated heterocycles. The van der Waals surface area contributed by atoms with Gasteiger partial charge in [-0.1, -0.05) is 12.1 Å². The molecule has 0 atom stereocenters. The molecule has 3 aromatic rings. The Hall–Kier alpha value is -2.95. The minimum atomic E-state index is -0.286. The summed E-state index contributed by atoms with van der Waals surface area (Å²) in [6.45, 7) is 1.92. The minimum absolute atomic E-state index is 0.286.